The molecule has 0 atom stereocenters. The van der Waals surface area contributed by atoms with Crippen LogP contribution in [-0.4, -0.2) is 26.1 Å². The molecule has 0 N–H and O–H groups in total. The summed E-state index contributed by atoms with van der Waals surface area (Å²) in [5, 5.41) is 0. The van der Waals surface area contributed by atoms with Crippen molar-refractivity contribution in [3.05, 3.63) is 0 Å². The van der Waals surface area contributed by atoms with E-state index in [9.17, 15) is 0 Å². The van der Waals surface area contributed by atoms with E-state index >= 15 is 0 Å². The van der Waals surface area contributed by atoms with E-state index in [4.69, 9.17) is 0 Å². The average Bonchev–Trinajstić information content (AvgIpc) is 1.89. The Balaban J connectivity index is 3.21. The minimum atomic E-state index is 0.633. The Morgan fingerprint density at radius 3 is 2.67 bits per heavy atom. The summed E-state index contributed by atoms with van der Waals surface area (Å²) in [6, 6.07) is 0. The van der Waals surface area contributed by atoms with Gasteiger partial charge in [0.05, 0.1) is 0 Å². The monoisotopic (exact) mass is 193 g/mol. The van der Waals surface area contributed by atoms with Crippen LogP contribution in [0.1, 0.15) is 26.7 Å². The molecule has 0 spiro atoms. The molecular formula is C7H15NSe. The average molecular weight is 192 g/mol. The normalized spacial score (nSPS) is 12.1. The number of rotatable bonds is 4. The summed E-state index contributed by atoms with van der Waals surface area (Å²) in [5.41, 5.74) is 0. The van der Waals surface area contributed by atoms with Gasteiger partial charge in [-0.15, -0.1) is 0 Å². The maximum absolute atomic E-state index is 4.38. The van der Waals surface area contributed by atoms with E-state index in [1.807, 2.05) is 0 Å². The van der Waals surface area contributed by atoms with Crippen molar-refractivity contribution in [1.82, 2.24) is 0 Å². The molecule has 2 heteroatoms. The van der Waals surface area contributed by atoms with E-state index < -0.39 is 0 Å². The van der Waals surface area contributed by atoms with Gasteiger partial charge in [0.1, 0.15) is 0 Å². The van der Waals surface area contributed by atoms with Crippen LogP contribution < -0.4 is 0 Å². The summed E-state index contributed by atoms with van der Waals surface area (Å²) < 4.78 is 1.34. The minimum absolute atomic E-state index is 0.633. The van der Waals surface area contributed by atoms with E-state index in [1.54, 1.807) is 0 Å². The third-order valence-corrected chi connectivity index (χ3v) is 2.65. The van der Waals surface area contributed by atoms with Crippen molar-refractivity contribution in [3.8, 4) is 0 Å². The molecule has 0 aromatic rings. The molecule has 0 amide bonds. The number of hydrogen-bond acceptors (Lipinski definition) is 1. The second-order valence-corrected chi connectivity index (χ2v) is 4.05. The fourth-order valence-electron chi connectivity index (χ4n) is 0.459. The topological polar surface area (TPSA) is 12.4 Å². The Hall–Kier alpha value is 0.189. The Kier molecular flexibility index (Phi) is 6.44. The maximum atomic E-state index is 4.38. The van der Waals surface area contributed by atoms with Gasteiger partial charge in [-0.25, -0.2) is 0 Å². The Morgan fingerprint density at radius 2 is 2.22 bits per heavy atom. The Morgan fingerprint density at radius 1 is 1.56 bits per heavy atom. The fraction of sp³-hybridized carbons (Fsp3) is 0.857. The van der Waals surface area contributed by atoms with Crippen molar-refractivity contribution in [2.45, 2.75) is 32.5 Å². The summed E-state index contributed by atoms with van der Waals surface area (Å²) in [7, 11) is 0. The SMILES string of the molecule is CCCCN=C(C)[Se]C. The van der Waals surface area contributed by atoms with Crippen molar-refractivity contribution in [1.29, 1.82) is 0 Å². The number of nitrogens with zero attached hydrogens (tertiary/aromatic N) is 1. The molecule has 0 fully saturated rings. The molecule has 0 unspecified atom stereocenters. The molecule has 0 aliphatic carbocycles. The van der Waals surface area contributed by atoms with Crippen LogP contribution in [0.4, 0.5) is 0 Å². The summed E-state index contributed by atoms with van der Waals surface area (Å²) in [6.07, 6.45) is 2.50. The summed E-state index contributed by atoms with van der Waals surface area (Å²) in [4.78, 5) is 4.38. The van der Waals surface area contributed by atoms with Crippen LogP contribution in [0.25, 0.3) is 0 Å². The number of unbranched alkanes of at least 4 members (excludes halogenated alkanes) is 1. The zero-order valence-electron chi connectivity index (χ0n) is 6.48. The van der Waals surface area contributed by atoms with Gasteiger partial charge < -0.3 is 0 Å². The van der Waals surface area contributed by atoms with Crippen LogP contribution in [0.5, 0.6) is 0 Å². The molecule has 0 aromatic heterocycles. The molecule has 0 heterocycles. The number of hydrogen-bond donors (Lipinski definition) is 0. The van der Waals surface area contributed by atoms with Crippen molar-refractivity contribution in [2.75, 3.05) is 6.54 Å². The quantitative estimate of drug-likeness (QED) is 0.367. The zero-order valence-corrected chi connectivity index (χ0v) is 8.19. The van der Waals surface area contributed by atoms with Gasteiger partial charge in [-0.05, 0) is 0 Å². The third-order valence-electron chi connectivity index (χ3n) is 1.14. The first-order chi connectivity index (χ1) is 4.31. The van der Waals surface area contributed by atoms with E-state index in [0.717, 1.165) is 6.54 Å². The zero-order chi connectivity index (χ0) is 7.11. The summed E-state index contributed by atoms with van der Waals surface area (Å²) >= 11 is 0.633. The number of aliphatic imine (C=N–C) groups is 1. The predicted octanol–water partition coefficient (Wildman–Crippen LogP) is 1.96. The molecule has 0 bridgehead atoms. The van der Waals surface area contributed by atoms with Crippen LogP contribution in [-0.2, 0) is 0 Å². The van der Waals surface area contributed by atoms with E-state index in [1.165, 1.54) is 17.5 Å². The van der Waals surface area contributed by atoms with E-state index in [0.29, 0.717) is 15.0 Å². The van der Waals surface area contributed by atoms with Crippen molar-refractivity contribution < 1.29 is 0 Å². The second-order valence-electron chi connectivity index (χ2n) is 1.96. The van der Waals surface area contributed by atoms with Crippen molar-refractivity contribution >= 4 is 19.6 Å². The van der Waals surface area contributed by atoms with Gasteiger partial charge in [-0.2, -0.15) is 0 Å². The van der Waals surface area contributed by atoms with Gasteiger partial charge in [-0.1, -0.05) is 0 Å². The van der Waals surface area contributed by atoms with Crippen LogP contribution in [0.3, 0.4) is 0 Å². The second kappa shape index (κ2) is 6.31. The fourth-order valence-corrected chi connectivity index (χ4v) is 0.922. The Bertz CT molecular complexity index is 88.9. The summed E-state index contributed by atoms with van der Waals surface area (Å²) in [6.45, 7) is 5.36. The van der Waals surface area contributed by atoms with Crippen LogP contribution >= 0.6 is 0 Å². The molecule has 0 aliphatic heterocycles. The van der Waals surface area contributed by atoms with Gasteiger partial charge in [0.25, 0.3) is 0 Å². The molecule has 54 valence electrons. The first-order valence-electron chi connectivity index (χ1n) is 3.36. The first kappa shape index (κ1) is 9.19. The van der Waals surface area contributed by atoms with E-state index in [-0.39, 0.29) is 0 Å². The van der Waals surface area contributed by atoms with Gasteiger partial charge in [0, 0.05) is 0 Å². The standard InChI is InChI=1S/C7H15NSe/c1-4-5-6-8-7(2)9-3/h4-6H2,1-3H3. The molecule has 0 rings (SSSR count). The third kappa shape index (κ3) is 6.07. The van der Waals surface area contributed by atoms with Gasteiger partial charge >= 0.3 is 63.6 Å². The molecule has 0 saturated carbocycles. The Labute approximate surface area is 64.1 Å². The molecule has 0 aliphatic rings. The van der Waals surface area contributed by atoms with Gasteiger partial charge in [0.15, 0.2) is 0 Å². The molecule has 0 radical (unpaired) electrons. The predicted molar refractivity (Wildman–Crippen MR) is 44.5 cm³/mol. The van der Waals surface area contributed by atoms with E-state index in [2.05, 4.69) is 24.7 Å². The summed E-state index contributed by atoms with van der Waals surface area (Å²) in [5.74, 6) is 2.21. The van der Waals surface area contributed by atoms with Gasteiger partial charge in [-0.3, -0.25) is 0 Å². The van der Waals surface area contributed by atoms with Crippen LogP contribution in [0.15, 0.2) is 4.99 Å². The van der Waals surface area contributed by atoms with Crippen molar-refractivity contribution in [2.24, 2.45) is 4.99 Å². The molecule has 9 heavy (non-hydrogen) atoms. The molecule has 1 nitrogen and oxygen atoms in total. The molecular weight excluding hydrogens is 177 g/mol. The molecule has 0 aromatic carbocycles. The van der Waals surface area contributed by atoms with Crippen LogP contribution in [0.2, 0.25) is 5.82 Å². The van der Waals surface area contributed by atoms with Crippen LogP contribution in [0, 0.1) is 0 Å². The van der Waals surface area contributed by atoms with Crippen molar-refractivity contribution in [3.63, 3.8) is 0 Å². The van der Waals surface area contributed by atoms with Gasteiger partial charge in [0.2, 0.25) is 0 Å². The molecule has 0 saturated heterocycles. The first-order valence-corrected chi connectivity index (χ1v) is 5.93.